The molecule has 0 aliphatic rings. The fraction of sp³-hybridized carbons (Fsp3) is 0.278. The molecule has 21 heavy (non-hydrogen) atoms. The van der Waals surface area contributed by atoms with Crippen LogP contribution in [-0.4, -0.2) is 5.91 Å². The normalized spacial score (nSPS) is 12.0. The molecule has 2 nitrogen and oxygen atoms in total. The standard InChI is InChI=1S/C18H20FNO/c1-3-14-4-6-15(7-5-14)12-18(21)20-13(2)16-8-10-17(19)11-9-16/h4-11,13H,3,12H2,1-2H3,(H,20,21). The summed E-state index contributed by atoms with van der Waals surface area (Å²) in [6.07, 6.45) is 1.35. The summed E-state index contributed by atoms with van der Waals surface area (Å²) in [5.41, 5.74) is 3.15. The first-order valence-corrected chi connectivity index (χ1v) is 7.21. The number of halogens is 1. The highest BCUT2D eigenvalue weighted by Gasteiger charge is 2.10. The number of nitrogens with one attached hydrogen (secondary N) is 1. The maximum Gasteiger partial charge on any atom is 0.224 e. The van der Waals surface area contributed by atoms with E-state index < -0.39 is 0 Å². The Labute approximate surface area is 125 Å². The second-order valence-electron chi connectivity index (χ2n) is 5.19. The molecule has 0 radical (unpaired) electrons. The van der Waals surface area contributed by atoms with Crippen LogP contribution in [0.4, 0.5) is 4.39 Å². The lowest BCUT2D eigenvalue weighted by molar-refractivity contribution is -0.121. The van der Waals surface area contributed by atoms with E-state index in [1.54, 1.807) is 12.1 Å². The minimum Gasteiger partial charge on any atom is -0.349 e. The third-order valence-electron chi connectivity index (χ3n) is 3.54. The zero-order valence-electron chi connectivity index (χ0n) is 12.4. The van der Waals surface area contributed by atoms with Gasteiger partial charge in [0.15, 0.2) is 0 Å². The minimum atomic E-state index is -0.270. The second kappa shape index (κ2) is 7.02. The number of hydrogen-bond acceptors (Lipinski definition) is 1. The molecule has 0 bridgehead atoms. The van der Waals surface area contributed by atoms with Gasteiger partial charge in [0, 0.05) is 0 Å². The van der Waals surface area contributed by atoms with Crippen molar-refractivity contribution in [2.45, 2.75) is 32.7 Å². The van der Waals surface area contributed by atoms with Crippen molar-refractivity contribution in [1.82, 2.24) is 5.32 Å². The van der Waals surface area contributed by atoms with E-state index in [0.29, 0.717) is 6.42 Å². The van der Waals surface area contributed by atoms with Crippen LogP contribution in [0.15, 0.2) is 48.5 Å². The van der Waals surface area contributed by atoms with Crippen LogP contribution in [0.3, 0.4) is 0 Å². The molecule has 0 spiro atoms. The van der Waals surface area contributed by atoms with Crippen LogP contribution in [-0.2, 0) is 17.6 Å². The predicted molar refractivity (Wildman–Crippen MR) is 82.5 cm³/mol. The van der Waals surface area contributed by atoms with Crippen molar-refractivity contribution < 1.29 is 9.18 Å². The van der Waals surface area contributed by atoms with E-state index in [0.717, 1.165) is 17.5 Å². The maximum atomic E-state index is 12.9. The van der Waals surface area contributed by atoms with Gasteiger partial charge in [-0.2, -0.15) is 0 Å². The lowest BCUT2D eigenvalue weighted by Crippen LogP contribution is -2.28. The molecule has 0 saturated heterocycles. The third-order valence-corrected chi connectivity index (χ3v) is 3.54. The molecule has 0 aromatic heterocycles. The first-order chi connectivity index (χ1) is 10.1. The van der Waals surface area contributed by atoms with Gasteiger partial charge < -0.3 is 5.32 Å². The Balaban J connectivity index is 1.92. The summed E-state index contributed by atoms with van der Waals surface area (Å²) in [6.45, 7) is 4.00. The molecule has 1 atom stereocenters. The Morgan fingerprint density at radius 1 is 1.05 bits per heavy atom. The summed E-state index contributed by atoms with van der Waals surface area (Å²) in [5, 5.41) is 2.93. The highest BCUT2D eigenvalue weighted by molar-refractivity contribution is 5.79. The van der Waals surface area contributed by atoms with Gasteiger partial charge in [-0.05, 0) is 42.2 Å². The van der Waals surface area contributed by atoms with E-state index in [1.807, 2.05) is 31.2 Å². The number of carbonyl (C=O) groups excluding carboxylic acids is 1. The van der Waals surface area contributed by atoms with Crippen molar-refractivity contribution in [1.29, 1.82) is 0 Å². The Morgan fingerprint density at radius 2 is 1.62 bits per heavy atom. The summed E-state index contributed by atoms with van der Waals surface area (Å²) in [4.78, 5) is 12.0. The van der Waals surface area contributed by atoms with Gasteiger partial charge in [0.1, 0.15) is 5.82 Å². The van der Waals surface area contributed by atoms with Crippen molar-refractivity contribution in [2.24, 2.45) is 0 Å². The van der Waals surface area contributed by atoms with E-state index in [4.69, 9.17) is 0 Å². The van der Waals surface area contributed by atoms with Crippen LogP contribution < -0.4 is 5.32 Å². The van der Waals surface area contributed by atoms with Gasteiger partial charge in [0.05, 0.1) is 12.5 Å². The van der Waals surface area contributed by atoms with Crippen LogP contribution >= 0.6 is 0 Å². The minimum absolute atomic E-state index is 0.0314. The second-order valence-corrected chi connectivity index (χ2v) is 5.19. The first-order valence-electron chi connectivity index (χ1n) is 7.21. The summed E-state index contributed by atoms with van der Waals surface area (Å²) in [6, 6.07) is 14.1. The average molecular weight is 285 g/mol. The maximum absolute atomic E-state index is 12.9. The largest absolute Gasteiger partial charge is 0.349 e. The quantitative estimate of drug-likeness (QED) is 0.889. The van der Waals surface area contributed by atoms with Gasteiger partial charge in [0.2, 0.25) is 5.91 Å². The van der Waals surface area contributed by atoms with Crippen molar-refractivity contribution in [2.75, 3.05) is 0 Å². The molecule has 2 rings (SSSR count). The molecule has 1 N–H and O–H groups in total. The van der Waals surface area contributed by atoms with Crippen LogP contribution in [0.1, 0.15) is 36.6 Å². The summed E-state index contributed by atoms with van der Waals surface area (Å²) in [5.74, 6) is -0.302. The number of rotatable bonds is 5. The molecule has 1 amide bonds. The van der Waals surface area contributed by atoms with Gasteiger partial charge in [-0.25, -0.2) is 4.39 Å². The van der Waals surface area contributed by atoms with Crippen molar-refractivity contribution in [3.63, 3.8) is 0 Å². The monoisotopic (exact) mass is 285 g/mol. The predicted octanol–water partition coefficient (Wildman–Crippen LogP) is 3.81. The van der Waals surface area contributed by atoms with Crippen LogP contribution in [0, 0.1) is 5.82 Å². The number of amides is 1. The molecule has 0 saturated carbocycles. The highest BCUT2D eigenvalue weighted by atomic mass is 19.1. The summed E-state index contributed by atoms with van der Waals surface area (Å²) < 4.78 is 12.9. The highest BCUT2D eigenvalue weighted by Crippen LogP contribution is 2.13. The first kappa shape index (κ1) is 15.2. The lowest BCUT2D eigenvalue weighted by atomic mass is 10.1. The zero-order chi connectivity index (χ0) is 15.2. The zero-order valence-corrected chi connectivity index (χ0v) is 12.4. The molecule has 2 aromatic carbocycles. The molecule has 0 heterocycles. The molecular formula is C18H20FNO. The molecule has 0 aliphatic carbocycles. The molecule has 1 unspecified atom stereocenters. The van der Waals surface area contributed by atoms with Gasteiger partial charge in [-0.15, -0.1) is 0 Å². The smallest absolute Gasteiger partial charge is 0.224 e. The molecular weight excluding hydrogens is 265 g/mol. The molecule has 2 aromatic rings. The number of benzene rings is 2. The van der Waals surface area contributed by atoms with Gasteiger partial charge in [-0.3, -0.25) is 4.79 Å². The fourth-order valence-electron chi connectivity index (χ4n) is 2.21. The average Bonchev–Trinajstić information content (AvgIpc) is 2.48. The molecule has 3 heteroatoms. The number of carbonyl (C=O) groups is 1. The van der Waals surface area contributed by atoms with Crippen LogP contribution in [0.2, 0.25) is 0 Å². The van der Waals surface area contributed by atoms with Crippen molar-refractivity contribution in [3.8, 4) is 0 Å². The van der Waals surface area contributed by atoms with E-state index in [1.165, 1.54) is 17.7 Å². The lowest BCUT2D eigenvalue weighted by Gasteiger charge is -2.14. The third kappa shape index (κ3) is 4.42. The van der Waals surface area contributed by atoms with Crippen LogP contribution in [0.25, 0.3) is 0 Å². The van der Waals surface area contributed by atoms with Crippen molar-refractivity contribution in [3.05, 3.63) is 71.0 Å². The molecule has 0 fully saturated rings. The molecule has 110 valence electrons. The van der Waals surface area contributed by atoms with Gasteiger partial charge >= 0.3 is 0 Å². The van der Waals surface area contributed by atoms with Crippen molar-refractivity contribution >= 4 is 5.91 Å². The van der Waals surface area contributed by atoms with Gasteiger partial charge in [0.25, 0.3) is 0 Å². The SMILES string of the molecule is CCc1ccc(CC(=O)NC(C)c2ccc(F)cc2)cc1. The van der Waals surface area contributed by atoms with E-state index >= 15 is 0 Å². The summed E-state index contributed by atoms with van der Waals surface area (Å²) >= 11 is 0. The van der Waals surface area contributed by atoms with Gasteiger partial charge in [-0.1, -0.05) is 43.3 Å². The van der Waals surface area contributed by atoms with E-state index in [9.17, 15) is 9.18 Å². The van der Waals surface area contributed by atoms with E-state index in [2.05, 4.69) is 12.2 Å². The van der Waals surface area contributed by atoms with E-state index in [-0.39, 0.29) is 17.8 Å². The fourth-order valence-corrected chi connectivity index (χ4v) is 2.21. The topological polar surface area (TPSA) is 29.1 Å². The number of hydrogen-bond donors (Lipinski definition) is 1. The van der Waals surface area contributed by atoms with Crippen LogP contribution in [0.5, 0.6) is 0 Å². The Hall–Kier alpha value is -2.16. The molecule has 0 aliphatic heterocycles. The Kier molecular flexibility index (Phi) is 5.09. The number of aryl methyl sites for hydroxylation is 1. The summed E-state index contributed by atoms with van der Waals surface area (Å²) in [7, 11) is 0. The Morgan fingerprint density at radius 3 is 2.19 bits per heavy atom. The Bertz CT molecular complexity index is 590.